The fourth-order valence-electron chi connectivity index (χ4n) is 4.51. The number of rotatable bonds is 10. The average Bonchev–Trinajstić information content (AvgIpc) is 3.29. The zero-order valence-corrected chi connectivity index (χ0v) is 22.2. The first kappa shape index (κ1) is 27.8. The molecule has 0 saturated carbocycles. The maximum absolute atomic E-state index is 15.5. The molecule has 2 aromatic heterocycles. The second-order valence-electron chi connectivity index (χ2n) is 9.40. The molecule has 0 radical (unpaired) electrons. The molecule has 0 unspecified atom stereocenters. The molecule has 3 aromatic carbocycles. The van der Waals surface area contributed by atoms with E-state index in [1.54, 1.807) is 29.7 Å². The Balaban J connectivity index is 1.46. The van der Waals surface area contributed by atoms with Gasteiger partial charge in [0, 0.05) is 37.4 Å². The van der Waals surface area contributed by atoms with Gasteiger partial charge in [0.25, 0.3) is 0 Å². The number of imidazole rings is 1. The number of benzene rings is 3. The highest BCUT2D eigenvalue weighted by molar-refractivity contribution is 5.92. The minimum atomic E-state index is -1.10. The molecule has 0 aliphatic heterocycles. The molecule has 0 saturated heterocycles. The third-order valence-corrected chi connectivity index (χ3v) is 6.63. The van der Waals surface area contributed by atoms with E-state index in [0.717, 1.165) is 17.7 Å². The minimum Gasteiger partial charge on any atom is -0.478 e. The van der Waals surface area contributed by atoms with E-state index in [4.69, 9.17) is 9.47 Å². The Bertz CT molecular complexity index is 1730. The summed E-state index contributed by atoms with van der Waals surface area (Å²) in [6, 6.07) is 11.5. The standard InChI is InChI=1S/C30H25F3N4O4/c1-17-3-4-19(23(31)9-17)15-41-29-22(14-34-16-35-29)20-10-24(32)21(25(33)11-20)13-28-36-26-6-5-18(30(38)39)12-27(26)37(28)7-8-40-2/h3-6,9-12,14,16H,7-8,13,15H2,1-2H3,(H,38,39). The van der Waals surface area contributed by atoms with Crippen molar-refractivity contribution in [2.45, 2.75) is 26.5 Å². The van der Waals surface area contributed by atoms with Gasteiger partial charge in [-0.15, -0.1) is 0 Å². The molecular weight excluding hydrogens is 537 g/mol. The Morgan fingerprint density at radius 1 is 1.02 bits per heavy atom. The molecule has 5 aromatic rings. The highest BCUT2D eigenvalue weighted by Crippen LogP contribution is 2.32. The molecule has 0 spiro atoms. The molecule has 0 aliphatic carbocycles. The van der Waals surface area contributed by atoms with Crippen LogP contribution in [0.4, 0.5) is 13.2 Å². The van der Waals surface area contributed by atoms with Gasteiger partial charge >= 0.3 is 5.97 Å². The Morgan fingerprint density at radius 2 is 1.80 bits per heavy atom. The van der Waals surface area contributed by atoms with Crippen LogP contribution in [0.25, 0.3) is 22.2 Å². The predicted molar refractivity (Wildman–Crippen MR) is 144 cm³/mol. The summed E-state index contributed by atoms with van der Waals surface area (Å²) in [5.74, 6) is -2.79. The van der Waals surface area contributed by atoms with Crippen LogP contribution in [-0.2, 0) is 24.3 Å². The summed E-state index contributed by atoms with van der Waals surface area (Å²) in [7, 11) is 1.52. The van der Waals surface area contributed by atoms with E-state index < -0.39 is 23.4 Å². The molecule has 210 valence electrons. The minimum absolute atomic E-state index is 0.0436. The number of fused-ring (bicyclic) bond motifs is 1. The number of methoxy groups -OCH3 is 1. The second-order valence-corrected chi connectivity index (χ2v) is 9.40. The van der Waals surface area contributed by atoms with E-state index in [1.165, 1.54) is 37.8 Å². The molecule has 0 amide bonds. The third kappa shape index (κ3) is 5.90. The zero-order valence-electron chi connectivity index (χ0n) is 22.2. The summed E-state index contributed by atoms with van der Waals surface area (Å²) in [5, 5.41) is 9.39. The van der Waals surface area contributed by atoms with Gasteiger partial charge in [-0.25, -0.2) is 32.9 Å². The van der Waals surface area contributed by atoms with Crippen molar-refractivity contribution >= 4 is 17.0 Å². The van der Waals surface area contributed by atoms with Gasteiger partial charge in [-0.2, -0.15) is 0 Å². The lowest BCUT2D eigenvalue weighted by Gasteiger charge is -2.13. The Morgan fingerprint density at radius 3 is 2.51 bits per heavy atom. The summed E-state index contributed by atoms with van der Waals surface area (Å²) in [4.78, 5) is 24.0. The fourth-order valence-corrected chi connectivity index (χ4v) is 4.51. The van der Waals surface area contributed by atoms with E-state index >= 15 is 8.78 Å². The van der Waals surface area contributed by atoms with Crippen LogP contribution in [0.1, 0.15) is 32.9 Å². The lowest BCUT2D eigenvalue weighted by molar-refractivity contribution is 0.0697. The van der Waals surface area contributed by atoms with Gasteiger partial charge in [0.05, 0.1) is 28.8 Å². The molecular formula is C30H25F3N4O4. The summed E-state index contributed by atoms with van der Waals surface area (Å²) in [6.45, 7) is 2.22. The summed E-state index contributed by atoms with van der Waals surface area (Å²) < 4.78 is 57.8. The Labute approximate surface area is 233 Å². The monoisotopic (exact) mass is 562 g/mol. The van der Waals surface area contributed by atoms with Crippen LogP contribution in [0.3, 0.4) is 0 Å². The van der Waals surface area contributed by atoms with Gasteiger partial charge in [0.2, 0.25) is 5.88 Å². The normalized spacial score (nSPS) is 11.2. The van der Waals surface area contributed by atoms with E-state index in [0.29, 0.717) is 29.0 Å². The largest absolute Gasteiger partial charge is 0.478 e. The van der Waals surface area contributed by atoms with E-state index in [-0.39, 0.29) is 47.8 Å². The van der Waals surface area contributed by atoms with Crippen molar-refractivity contribution < 1.29 is 32.5 Å². The number of carbonyl (C=O) groups is 1. The van der Waals surface area contributed by atoms with Gasteiger partial charge in [0.15, 0.2) is 0 Å². The van der Waals surface area contributed by atoms with Crippen molar-refractivity contribution in [3.8, 4) is 17.0 Å². The first-order valence-corrected chi connectivity index (χ1v) is 12.6. The number of ether oxygens (including phenoxy) is 2. The topological polar surface area (TPSA) is 99.4 Å². The van der Waals surface area contributed by atoms with Crippen molar-refractivity contribution in [3.63, 3.8) is 0 Å². The third-order valence-electron chi connectivity index (χ3n) is 6.63. The van der Waals surface area contributed by atoms with Gasteiger partial charge in [0.1, 0.15) is 36.2 Å². The van der Waals surface area contributed by atoms with Crippen molar-refractivity contribution in [1.29, 1.82) is 0 Å². The van der Waals surface area contributed by atoms with E-state index in [2.05, 4.69) is 15.0 Å². The molecule has 41 heavy (non-hydrogen) atoms. The molecule has 11 heteroatoms. The van der Waals surface area contributed by atoms with Crippen molar-refractivity contribution in [3.05, 3.63) is 107 Å². The molecule has 5 rings (SSSR count). The molecule has 0 bridgehead atoms. The predicted octanol–water partition coefficient (Wildman–Crippen LogP) is 5.73. The number of aromatic nitrogens is 4. The number of halogens is 3. The summed E-state index contributed by atoms with van der Waals surface area (Å²) in [5.41, 5.74) is 2.30. The first-order chi connectivity index (χ1) is 19.7. The van der Waals surface area contributed by atoms with Crippen molar-refractivity contribution in [1.82, 2.24) is 19.5 Å². The lowest BCUT2D eigenvalue weighted by Crippen LogP contribution is -2.11. The van der Waals surface area contributed by atoms with E-state index in [1.807, 2.05) is 0 Å². The van der Waals surface area contributed by atoms with Crippen LogP contribution in [0.15, 0.2) is 61.1 Å². The van der Waals surface area contributed by atoms with Crippen molar-refractivity contribution in [2.24, 2.45) is 0 Å². The fraction of sp³-hybridized carbons (Fsp3) is 0.200. The molecule has 0 atom stereocenters. The number of aromatic carboxylic acids is 1. The van der Waals surface area contributed by atoms with Crippen LogP contribution in [0.5, 0.6) is 5.88 Å². The Kier molecular flexibility index (Phi) is 7.97. The summed E-state index contributed by atoms with van der Waals surface area (Å²) in [6.07, 6.45) is 2.40. The van der Waals surface area contributed by atoms with Crippen LogP contribution in [0, 0.1) is 24.4 Å². The maximum atomic E-state index is 15.5. The quantitative estimate of drug-likeness (QED) is 0.232. The second kappa shape index (κ2) is 11.8. The molecule has 8 nitrogen and oxygen atoms in total. The van der Waals surface area contributed by atoms with Crippen LogP contribution in [0.2, 0.25) is 0 Å². The number of carboxylic acids is 1. The number of hydrogen-bond donors (Lipinski definition) is 1. The summed E-state index contributed by atoms with van der Waals surface area (Å²) >= 11 is 0. The van der Waals surface area contributed by atoms with Crippen LogP contribution < -0.4 is 4.74 Å². The van der Waals surface area contributed by atoms with Gasteiger partial charge in [-0.3, -0.25) is 0 Å². The molecule has 2 heterocycles. The van der Waals surface area contributed by atoms with E-state index in [9.17, 15) is 14.3 Å². The SMILES string of the molecule is COCCn1c(Cc2c(F)cc(-c3cncnc3OCc3ccc(C)cc3F)cc2F)nc2ccc(C(=O)O)cc21. The van der Waals surface area contributed by atoms with Gasteiger partial charge < -0.3 is 19.1 Å². The molecule has 0 aliphatic rings. The number of aryl methyl sites for hydroxylation is 1. The molecule has 1 N–H and O–H groups in total. The first-order valence-electron chi connectivity index (χ1n) is 12.6. The smallest absolute Gasteiger partial charge is 0.335 e. The molecule has 0 fully saturated rings. The number of hydrogen-bond acceptors (Lipinski definition) is 6. The van der Waals surface area contributed by atoms with Crippen LogP contribution >= 0.6 is 0 Å². The number of carboxylic acid groups (broad SMARTS) is 1. The number of nitrogens with zero attached hydrogens (tertiary/aromatic N) is 4. The zero-order chi connectivity index (χ0) is 29.1. The van der Waals surface area contributed by atoms with Crippen molar-refractivity contribution in [2.75, 3.05) is 13.7 Å². The highest BCUT2D eigenvalue weighted by Gasteiger charge is 2.20. The maximum Gasteiger partial charge on any atom is 0.335 e. The van der Waals surface area contributed by atoms with Crippen LogP contribution in [-0.4, -0.2) is 44.3 Å². The average molecular weight is 563 g/mol. The van der Waals surface area contributed by atoms with Gasteiger partial charge in [-0.05, 0) is 54.4 Å². The lowest BCUT2D eigenvalue weighted by atomic mass is 10.0. The van der Waals surface area contributed by atoms with Gasteiger partial charge in [-0.1, -0.05) is 12.1 Å². The highest BCUT2D eigenvalue weighted by atomic mass is 19.1. The Hall–Kier alpha value is -4.77.